The molecule has 7 nitrogen and oxygen atoms in total. The molecule has 4 rings (SSSR count). The predicted octanol–water partition coefficient (Wildman–Crippen LogP) is 3.18. The third-order valence-corrected chi connectivity index (χ3v) is 5.07. The number of rotatable bonds is 6. The maximum absolute atomic E-state index is 12.3. The Hall–Kier alpha value is -3.61. The predicted molar refractivity (Wildman–Crippen MR) is 107 cm³/mol. The van der Waals surface area contributed by atoms with Gasteiger partial charge in [0.15, 0.2) is 0 Å². The molecule has 0 saturated carbocycles. The molecule has 7 heteroatoms. The smallest absolute Gasteiger partial charge is 0.407 e. The number of carboxylic acid groups (broad SMARTS) is 1. The van der Waals surface area contributed by atoms with E-state index in [1.807, 2.05) is 43.3 Å². The summed E-state index contributed by atoms with van der Waals surface area (Å²) in [4.78, 5) is 23.8. The SMILES string of the molecule is Cc1cnn(CC(NC(=O)OCC2c3ccccc3-c3ccccc32)C(=O)O)c1. The number of carbonyl (C=O) groups is 2. The van der Waals surface area contributed by atoms with Gasteiger partial charge in [0.1, 0.15) is 12.6 Å². The average Bonchev–Trinajstić information content (AvgIpc) is 3.27. The Morgan fingerprint density at radius 1 is 1.14 bits per heavy atom. The minimum atomic E-state index is -1.15. The lowest BCUT2D eigenvalue weighted by atomic mass is 9.98. The molecule has 0 spiro atoms. The molecule has 29 heavy (non-hydrogen) atoms. The van der Waals surface area contributed by atoms with Gasteiger partial charge in [0, 0.05) is 12.1 Å². The fourth-order valence-electron chi connectivity index (χ4n) is 3.72. The van der Waals surface area contributed by atoms with Gasteiger partial charge in [-0.1, -0.05) is 48.5 Å². The number of benzene rings is 2. The molecule has 1 aromatic heterocycles. The summed E-state index contributed by atoms with van der Waals surface area (Å²) in [6.45, 7) is 2.01. The molecular formula is C22H21N3O4. The van der Waals surface area contributed by atoms with Crippen LogP contribution in [0.2, 0.25) is 0 Å². The van der Waals surface area contributed by atoms with E-state index < -0.39 is 18.1 Å². The lowest BCUT2D eigenvalue weighted by Crippen LogP contribution is -2.44. The summed E-state index contributed by atoms with van der Waals surface area (Å²) in [5, 5.41) is 15.9. The number of carboxylic acids is 1. The van der Waals surface area contributed by atoms with E-state index in [4.69, 9.17) is 4.74 Å². The Morgan fingerprint density at radius 3 is 2.31 bits per heavy atom. The van der Waals surface area contributed by atoms with E-state index in [9.17, 15) is 14.7 Å². The number of carbonyl (C=O) groups excluding carboxylic acids is 1. The van der Waals surface area contributed by atoms with Crippen LogP contribution < -0.4 is 5.32 Å². The first-order valence-corrected chi connectivity index (χ1v) is 9.36. The van der Waals surface area contributed by atoms with Crippen molar-refractivity contribution in [3.05, 3.63) is 77.6 Å². The number of hydrogen-bond acceptors (Lipinski definition) is 4. The van der Waals surface area contributed by atoms with Crippen LogP contribution in [0.15, 0.2) is 60.9 Å². The third kappa shape index (κ3) is 3.85. The van der Waals surface area contributed by atoms with Gasteiger partial charge in [0.25, 0.3) is 0 Å². The highest BCUT2D eigenvalue weighted by molar-refractivity contribution is 5.81. The van der Waals surface area contributed by atoms with Gasteiger partial charge >= 0.3 is 12.1 Å². The van der Waals surface area contributed by atoms with Crippen LogP contribution >= 0.6 is 0 Å². The molecule has 148 valence electrons. The molecule has 1 aliphatic carbocycles. The van der Waals surface area contributed by atoms with Crippen LogP contribution in [0.5, 0.6) is 0 Å². The van der Waals surface area contributed by atoms with Crippen molar-refractivity contribution in [1.29, 1.82) is 0 Å². The molecule has 1 unspecified atom stereocenters. The fourth-order valence-corrected chi connectivity index (χ4v) is 3.72. The molecule has 1 atom stereocenters. The zero-order valence-electron chi connectivity index (χ0n) is 15.9. The number of ether oxygens (including phenoxy) is 1. The Morgan fingerprint density at radius 2 is 1.76 bits per heavy atom. The van der Waals surface area contributed by atoms with E-state index in [2.05, 4.69) is 22.5 Å². The molecule has 1 aliphatic rings. The highest BCUT2D eigenvalue weighted by atomic mass is 16.5. The second-order valence-corrected chi connectivity index (χ2v) is 7.10. The van der Waals surface area contributed by atoms with Gasteiger partial charge in [0.2, 0.25) is 0 Å². The number of amides is 1. The zero-order chi connectivity index (χ0) is 20.4. The number of fused-ring (bicyclic) bond motifs is 3. The number of nitrogens with one attached hydrogen (secondary N) is 1. The van der Waals surface area contributed by atoms with E-state index in [0.717, 1.165) is 27.8 Å². The normalized spacial score (nSPS) is 13.4. The summed E-state index contributed by atoms with van der Waals surface area (Å²) in [6, 6.07) is 14.9. The van der Waals surface area contributed by atoms with Crippen molar-refractivity contribution in [2.45, 2.75) is 25.4 Å². The topological polar surface area (TPSA) is 93.5 Å². The summed E-state index contributed by atoms with van der Waals surface area (Å²) in [6.07, 6.45) is 2.59. The van der Waals surface area contributed by atoms with Crippen molar-refractivity contribution in [3.63, 3.8) is 0 Å². The zero-order valence-corrected chi connectivity index (χ0v) is 15.9. The highest BCUT2D eigenvalue weighted by Gasteiger charge is 2.29. The molecule has 0 radical (unpaired) electrons. The fraction of sp³-hybridized carbons (Fsp3) is 0.227. The summed E-state index contributed by atoms with van der Waals surface area (Å²) < 4.78 is 6.90. The molecule has 1 amide bonds. The van der Waals surface area contributed by atoms with Crippen LogP contribution in [0, 0.1) is 6.92 Å². The van der Waals surface area contributed by atoms with E-state index in [1.165, 1.54) is 4.68 Å². The molecule has 0 bridgehead atoms. The summed E-state index contributed by atoms with van der Waals surface area (Å²) >= 11 is 0. The van der Waals surface area contributed by atoms with Gasteiger partial charge in [-0.15, -0.1) is 0 Å². The molecule has 2 N–H and O–H groups in total. The molecule has 2 aromatic carbocycles. The van der Waals surface area contributed by atoms with Crippen LogP contribution in [0.4, 0.5) is 4.79 Å². The molecule has 1 heterocycles. The van der Waals surface area contributed by atoms with Gasteiger partial charge in [-0.05, 0) is 34.7 Å². The van der Waals surface area contributed by atoms with Gasteiger partial charge in [-0.2, -0.15) is 5.10 Å². The van der Waals surface area contributed by atoms with Crippen LogP contribution in [0.25, 0.3) is 11.1 Å². The first-order valence-electron chi connectivity index (χ1n) is 9.36. The summed E-state index contributed by atoms with van der Waals surface area (Å²) in [7, 11) is 0. The van der Waals surface area contributed by atoms with Crippen LogP contribution in [-0.4, -0.2) is 39.6 Å². The maximum Gasteiger partial charge on any atom is 0.407 e. The quantitative estimate of drug-likeness (QED) is 0.673. The third-order valence-electron chi connectivity index (χ3n) is 5.07. The second kappa shape index (κ2) is 7.79. The van der Waals surface area contributed by atoms with Crippen molar-refractivity contribution in [2.75, 3.05) is 6.61 Å². The Kier molecular flexibility index (Phi) is 5.03. The van der Waals surface area contributed by atoms with Crippen molar-refractivity contribution in [1.82, 2.24) is 15.1 Å². The van der Waals surface area contributed by atoms with Gasteiger partial charge in [0.05, 0.1) is 12.7 Å². The Bertz CT molecular complexity index is 1010. The summed E-state index contributed by atoms with van der Waals surface area (Å²) in [5.74, 6) is -1.23. The molecule has 3 aromatic rings. The van der Waals surface area contributed by atoms with Crippen molar-refractivity contribution in [3.8, 4) is 11.1 Å². The number of aryl methyl sites for hydroxylation is 1. The molecule has 0 fully saturated rings. The average molecular weight is 391 g/mol. The standard InChI is InChI=1S/C22H21N3O4/c1-14-10-23-25(11-14)12-20(21(26)27)24-22(28)29-13-19-17-8-4-2-6-15(17)16-7-3-5-9-18(16)19/h2-11,19-20H,12-13H2,1H3,(H,24,28)(H,26,27). The lowest BCUT2D eigenvalue weighted by molar-refractivity contribution is -0.139. The number of nitrogens with zero attached hydrogens (tertiary/aromatic N) is 2. The van der Waals surface area contributed by atoms with Gasteiger partial charge < -0.3 is 15.2 Å². The second-order valence-electron chi connectivity index (χ2n) is 7.10. The first-order chi connectivity index (χ1) is 14.0. The Labute approximate surface area is 167 Å². The summed E-state index contributed by atoms with van der Waals surface area (Å²) in [5.41, 5.74) is 5.38. The highest BCUT2D eigenvalue weighted by Crippen LogP contribution is 2.44. The first kappa shape index (κ1) is 18.7. The number of hydrogen-bond donors (Lipinski definition) is 2. The van der Waals surface area contributed by atoms with Crippen molar-refractivity contribution >= 4 is 12.1 Å². The molecule has 0 saturated heterocycles. The number of aliphatic carboxylic acids is 1. The Balaban J connectivity index is 1.43. The monoisotopic (exact) mass is 391 g/mol. The number of aromatic nitrogens is 2. The van der Waals surface area contributed by atoms with Crippen LogP contribution in [0.1, 0.15) is 22.6 Å². The van der Waals surface area contributed by atoms with E-state index in [-0.39, 0.29) is 19.1 Å². The van der Waals surface area contributed by atoms with Crippen LogP contribution in [0.3, 0.4) is 0 Å². The minimum Gasteiger partial charge on any atom is -0.480 e. The van der Waals surface area contributed by atoms with E-state index >= 15 is 0 Å². The molecule has 0 aliphatic heterocycles. The molecular weight excluding hydrogens is 370 g/mol. The van der Waals surface area contributed by atoms with Crippen molar-refractivity contribution in [2.24, 2.45) is 0 Å². The number of alkyl carbamates (subject to hydrolysis) is 1. The largest absolute Gasteiger partial charge is 0.480 e. The van der Waals surface area contributed by atoms with Crippen molar-refractivity contribution < 1.29 is 19.4 Å². The lowest BCUT2D eigenvalue weighted by Gasteiger charge is -2.17. The van der Waals surface area contributed by atoms with Gasteiger partial charge in [-0.25, -0.2) is 9.59 Å². The minimum absolute atomic E-state index is 0.0212. The van der Waals surface area contributed by atoms with Gasteiger partial charge in [-0.3, -0.25) is 4.68 Å². The van der Waals surface area contributed by atoms with E-state index in [0.29, 0.717) is 0 Å². The van der Waals surface area contributed by atoms with Crippen LogP contribution in [-0.2, 0) is 16.1 Å². The van der Waals surface area contributed by atoms with E-state index in [1.54, 1.807) is 12.4 Å². The maximum atomic E-state index is 12.3.